The largest absolute Gasteiger partial charge is 0.490 e. The number of nitrogens with zero attached hydrogens (tertiary/aromatic N) is 5. The van der Waals surface area contributed by atoms with E-state index in [1.807, 2.05) is 18.5 Å². The van der Waals surface area contributed by atoms with Crippen molar-refractivity contribution in [1.82, 2.24) is 30.0 Å². The van der Waals surface area contributed by atoms with Crippen molar-refractivity contribution in [2.75, 3.05) is 19.6 Å². The maximum atomic E-state index is 12.6. The lowest BCUT2D eigenvalue weighted by Crippen LogP contribution is -2.44. The third-order valence-corrected chi connectivity index (χ3v) is 6.70. The van der Waals surface area contributed by atoms with Gasteiger partial charge in [-0.2, -0.15) is 13.2 Å². The monoisotopic (exact) mass is 510 g/mol. The second-order valence-corrected chi connectivity index (χ2v) is 9.90. The van der Waals surface area contributed by atoms with Crippen LogP contribution in [0.5, 0.6) is 0 Å². The Hall–Kier alpha value is -3.02. The quantitative estimate of drug-likeness (QED) is 0.613. The molecular formula is C24H33F3N6O3. The molecule has 0 saturated carbocycles. The Bertz CT molecular complexity index is 1020. The molecule has 0 aromatic carbocycles. The summed E-state index contributed by atoms with van der Waals surface area (Å²) in [7, 11) is 0. The third kappa shape index (κ3) is 7.49. The molecule has 12 heteroatoms. The van der Waals surface area contributed by atoms with Crippen molar-refractivity contribution >= 4 is 11.9 Å². The molecule has 9 nitrogen and oxygen atoms in total. The Morgan fingerprint density at radius 2 is 1.89 bits per heavy atom. The maximum Gasteiger partial charge on any atom is 0.490 e. The van der Waals surface area contributed by atoms with Crippen LogP contribution in [0.1, 0.15) is 61.5 Å². The first-order chi connectivity index (χ1) is 17.0. The number of aliphatic carboxylic acids is 1. The molecule has 1 fully saturated rings. The minimum Gasteiger partial charge on any atom is -0.475 e. The van der Waals surface area contributed by atoms with Crippen molar-refractivity contribution in [3.8, 4) is 0 Å². The number of carbonyl (C=O) groups excluding carboxylic acids is 1. The molecule has 2 aromatic heterocycles. The van der Waals surface area contributed by atoms with Gasteiger partial charge in [-0.05, 0) is 61.7 Å². The first-order valence-corrected chi connectivity index (χ1v) is 12.1. The van der Waals surface area contributed by atoms with Crippen LogP contribution in [0.15, 0.2) is 24.5 Å². The van der Waals surface area contributed by atoms with E-state index in [4.69, 9.17) is 9.90 Å². The second kappa shape index (κ2) is 11.8. The number of alkyl halides is 3. The van der Waals surface area contributed by atoms with E-state index < -0.39 is 12.1 Å². The van der Waals surface area contributed by atoms with E-state index in [0.29, 0.717) is 18.3 Å². The van der Waals surface area contributed by atoms with Crippen LogP contribution in [0.4, 0.5) is 13.2 Å². The van der Waals surface area contributed by atoms with Gasteiger partial charge in [0.05, 0.1) is 0 Å². The number of pyridine rings is 1. The van der Waals surface area contributed by atoms with Crippen LogP contribution in [0.25, 0.3) is 0 Å². The predicted molar refractivity (Wildman–Crippen MR) is 125 cm³/mol. The van der Waals surface area contributed by atoms with Crippen LogP contribution in [-0.4, -0.2) is 67.4 Å². The van der Waals surface area contributed by atoms with E-state index in [1.54, 1.807) is 0 Å². The molecule has 2 N–H and O–H groups in total. The highest BCUT2D eigenvalue weighted by Gasteiger charge is 2.40. The standard InChI is InChI=1S/C22H32N6O.C2HF3O2/c1-17(2)6-11-24-21(29)20-26-25-19-5-7-22(16-28(19)20)8-12-27(13-9-22)15-18-4-3-10-23-14-18;3-2(4,5)1(6)7/h3-4,10,14,17H,5-9,11-13,15-16H2,1-2H3,(H,24,29);(H,6,7). The lowest BCUT2D eigenvalue weighted by atomic mass is 9.73. The van der Waals surface area contributed by atoms with E-state index >= 15 is 0 Å². The van der Waals surface area contributed by atoms with Gasteiger partial charge in [0.25, 0.3) is 5.91 Å². The van der Waals surface area contributed by atoms with Gasteiger partial charge in [0, 0.05) is 38.4 Å². The summed E-state index contributed by atoms with van der Waals surface area (Å²) in [5.41, 5.74) is 1.53. The minimum absolute atomic E-state index is 0.0875. The lowest BCUT2D eigenvalue weighted by Gasteiger charge is -2.44. The fraction of sp³-hybridized carbons (Fsp3) is 0.625. The number of halogens is 3. The topological polar surface area (TPSA) is 113 Å². The molecule has 1 saturated heterocycles. The number of likely N-dealkylation sites (tertiary alicyclic amines) is 1. The summed E-state index contributed by atoms with van der Waals surface area (Å²) < 4.78 is 33.8. The van der Waals surface area contributed by atoms with Crippen LogP contribution in [0.2, 0.25) is 0 Å². The first-order valence-electron chi connectivity index (χ1n) is 12.1. The SMILES string of the molecule is CC(C)CCNC(=O)c1nnc2n1CC1(CC2)CCN(Cc2cccnc2)CC1.O=C(O)C(F)(F)F. The Kier molecular flexibility index (Phi) is 9.04. The van der Waals surface area contributed by atoms with Crippen molar-refractivity contribution in [3.63, 3.8) is 0 Å². The van der Waals surface area contributed by atoms with Gasteiger partial charge in [0.15, 0.2) is 0 Å². The second-order valence-electron chi connectivity index (χ2n) is 9.90. The number of carboxylic acid groups (broad SMARTS) is 1. The molecule has 0 radical (unpaired) electrons. The van der Waals surface area contributed by atoms with Gasteiger partial charge in [-0.1, -0.05) is 19.9 Å². The smallest absolute Gasteiger partial charge is 0.475 e. The van der Waals surface area contributed by atoms with Gasteiger partial charge in [0.1, 0.15) is 5.82 Å². The first kappa shape index (κ1) is 27.6. The van der Waals surface area contributed by atoms with Gasteiger partial charge in [-0.3, -0.25) is 14.7 Å². The third-order valence-electron chi connectivity index (χ3n) is 6.70. The Balaban J connectivity index is 0.000000454. The van der Waals surface area contributed by atoms with Crippen molar-refractivity contribution in [2.45, 2.75) is 65.2 Å². The van der Waals surface area contributed by atoms with E-state index in [9.17, 15) is 18.0 Å². The highest BCUT2D eigenvalue weighted by atomic mass is 19.4. The van der Waals surface area contributed by atoms with E-state index in [1.165, 1.54) is 5.56 Å². The van der Waals surface area contributed by atoms with Gasteiger partial charge in [-0.15, -0.1) is 10.2 Å². The molecule has 2 aromatic rings. The number of hydrogen-bond acceptors (Lipinski definition) is 6. The van der Waals surface area contributed by atoms with E-state index in [-0.39, 0.29) is 11.3 Å². The van der Waals surface area contributed by atoms with E-state index in [2.05, 4.69) is 49.9 Å². The number of carbonyl (C=O) groups is 2. The average molecular weight is 511 g/mol. The molecule has 0 aliphatic carbocycles. The molecule has 0 atom stereocenters. The molecule has 0 bridgehead atoms. The Morgan fingerprint density at radius 3 is 2.47 bits per heavy atom. The molecule has 2 aliphatic heterocycles. The number of carboxylic acids is 1. The number of aromatic nitrogens is 4. The number of rotatable bonds is 6. The molecule has 0 unspecified atom stereocenters. The van der Waals surface area contributed by atoms with Gasteiger partial charge < -0.3 is 15.0 Å². The van der Waals surface area contributed by atoms with Crippen LogP contribution < -0.4 is 5.32 Å². The summed E-state index contributed by atoms with van der Waals surface area (Å²) in [6.45, 7) is 9.01. The molecule has 4 heterocycles. The lowest BCUT2D eigenvalue weighted by molar-refractivity contribution is -0.192. The summed E-state index contributed by atoms with van der Waals surface area (Å²) >= 11 is 0. The molecular weight excluding hydrogens is 477 g/mol. The van der Waals surface area contributed by atoms with Crippen LogP contribution in [0.3, 0.4) is 0 Å². The van der Waals surface area contributed by atoms with Crippen molar-refractivity contribution in [1.29, 1.82) is 0 Å². The summed E-state index contributed by atoms with van der Waals surface area (Å²) in [5.74, 6) is -0.825. The molecule has 4 rings (SSSR count). The van der Waals surface area contributed by atoms with Crippen LogP contribution in [0, 0.1) is 11.3 Å². The number of hydrogen-bond donors (Lipinski definition) is 2. The van der Waals surface area contributed by atoms with Crippen LogP contribution in [-0.2, 0) is 24.3 Å². The maximum absolute atomic E-state index is 12.6. The summed E-state index contributed by atoms with van der Waals surface area (Å²) in [6.07, 6.45) is 4.03. The highest BCUT2D eigenvalue weighted by molar-refractivity contribution is 5.90. The number of aryl methyl sites for hydroxylation is 1. The fourth-order valence-electron chi connectivity index (χ4n) is 4.54. The van der Waals surface area contributed by atoms with Gasteiger partial charge in [-0.25, -0.2) is 4.79 Å². The zero-order valence-corrected chi connectivity index (χ0v) is 20.6. The average Bonchev–Trinajstić information content (AvgIpc) is 3.24. The normalized spacial score (nSPS) is 17.3. The predicted octanol–water partition coefficient (Wildman–Crippen LogP) is 3.31. The van der Waals surface area contributed by atoms with Gasteiger partial charge >= 0.3 is 12.1 Å². The molecule has 36 heavy (non-hydrogen) atoms. The fourth-order valence-corrected chi connectivity index (χ4v) is 4.54. The number of nitrogens with one attached hydrogen (secondary N) is 1. The number of fused-ring (bicyclic) bond motifs is 1. The van der Waals surface area contributed by atoms with Crippen LogP contribution >= 0.6 is 0 Å². The molecule has 198 valence electrons. The van der Waals surface area contributed by atoms with Crippen molar-refractivity contribution < 1.29 is 27.9 Å². The Morgan fingerprint density at radius 1 is 1.19 bits per heavy atom. The van der Waals surface area contributed by atoms with E-state index in [0.717, 1.165) is 64.1 Å². The zero-order valence-electron chi connectivity index (χ0n) is 20.6. The van der Waals surface area contributed by atoms with Gasteiger partial charge in [0.2, 0.25) is 5.82 Å². The Labute approximate surface area is 208 Å². The number of amides is 1. The number of piperidine rings is 1. The summed E-state index contributed by atoms with van der Waals surface area (Å²) in [4.78, 5) is 28.3. The molecule has 1 amide bonds. The summed E-state index contributed by atoms with van der Waals surface area (Å²) in [5, 5.41) is 18.7. The summed E-state index contributed by atoms with van der Waals surface area (Å²) in [6, 6.07) is 4.15. The minimum atomic E-state index is -5.08. The van der Waals surface area contributed by atoms with Crippen molar-refractivity contribution in [3.05, 3.63) is 41.7 Å². The molecule has 1 spiro atoms. The van der Waals surface area contributed by atoms with Crippen molar-refractivity contribution in [2.24, 2.45) is 11.3 Å². The zero-order chi connectivity index (χ0) is 26.3. The molecule has 2 aliphatic rings. The highest BCUT2D eigenvalue weighted by Crippen LogP contribution is 2.41.